The molecule has 3 rings (SSSR count). The fourth-order valence-corrected chi connectivity index (χ4v) is 3.50. The number of carbonyl (C=O) groups excluding carboxylic acids is 1. The number of ether oxygens (including phenoxy) is 1. The SMILES string of the molecule is COc1ccc(Cl)cc1[C@]1(CC(=O)O)C(=O)Nc2cc(C(F)(F)F)ccc21. The number of nitrogens with one attached hydrogen (secondary N) is 1. The first kappa shape index (κ1) is 19.0. The molecule has 5 nitrogen and oxygen atoms in total. The number of hydrogen-bond donors (Lipinski definition) is 2. The summed E-state index contributed by atoms with van der Waals surface area (Å²) in [5.74, 6) is -1.87. The van der Waals surface area contributed by atoms with Gasteiger partial charge >= 0.3 is 12.1 Å². The van der Waals surface area contributed by atoms with Gasteiger partial charge in [-0.05, 0) is 35.9 Å². The van der Waals surface area contributed by atoms with Gasteiger partial charge in [-0.15, -0.1) is 0 Å². The summed E-state index contributed by atoms with van der Waals surface area (Å²) in [6, 6.07) is 7.06. The summed E-state index contributed by atoms with van der Waals surface area (Å²) in [6.45, 7) is 0. The van der Waals surface area contributed by atoms with E-state index in [1.54, 1.807) is 0 Å². The molecule has 0 saturated heterocycles. The Labute approximate surface area is 156 Å². The summed E-state index contributed by atoms with van der Waals surface area (Å²) in [5, 5.41) is 12.0. The number of halogens is 4. The van der Waals surface area contributed by atoms with Crippen molar-refractivity contribution in [1.82, 2.24) is 0 Å². The summed E-state index contributed by atoms with van der Waals surface area (Å²) in [6.07, 6.45) is -5.29. The number of fused-ring (bicyclic) bond motifs is 1. The molecule has 0 aromatic heterocycles. The third kappa shape index (κ3) is 3.10. The van der Waals surface area contributed by atoms with Crippen LogP contribution in [-0.2, 0) is 21.2 Å². The second-order valence-corrected chi connectivity index (χ2v) is 6.47. The van der Waals surface area contributed by atoms with E-state index in [9.17, 15) is 27.9 Å². The highest BCUT2D eigenvalue weighted by atomic mass is 35.5. The lowest BCUT2D eigenvalue weighted by Gasteiger charge is -2.28. The van der Waals surface area contributed by atoms with Gasteiger partial charge in [-0.1, -0.05) is 17.7 Å². The molecule has 1 amide bonds. The molecule has 1 aliphatic heterocycles. The molecule has 0 saturated carbocycles. The summed E-state index contributed by atoms with van der Waals surface area (Å²) >= 11 is 6.03. The summed E-state index contributed by atoms with van der Waals surface area (Å²) in [5.41, 5.74) is -2.55. The average Bonchev–Trinajstić information content (AvgIpc) is 2.85. The highest BCUT2D eigenvalue weighted by Gasteiger charge is 2.52. The molecule has 2 N–H and O–H groups in total. The van der Waals surface area contributed by atoms with E-state index in [0.717, 1.165) is 18.2 Å². The van der Waals surface area contributed by atoms with E-state index in [1.165, 1.54) is 25.3 Å². The van der Waals surface area contributed by atoms with Crippen LogP contribution in [0.3, 0.4) is 0 Å². The Morgan fingerprint density at radius 2 is 1.93 bits per heavy atom. The lowest BCUT2D eigenvalue weighted by Crippen LogP contribution is -2.38. The normalized spacial score (nSPS) is 18.8. The number of carbonyl (C=O) groups is 2. The Morgan fingerprint density at radius 1 is 1.22 bits per heavy atom. The van der Waals surface area contributed by atoms with Crippen LogP contribution in [0.1, 0.15) is 23.1 Å². The summed E-state index contributed by atoms with van der Waals surface area (Å²) in [7, 11) is 1.34. The molecule has 0 fully saturated rings. The van der Waals surface area contributed by atoms with E-state index >= 15 is 0 Å². The molecule has 9 heteroatoms. The molecule has 142 valence electrons. The number of alkyl halides is 3. The van der Waals surface area contributed by atoms with Crippen LogP contribution < -0.4 is 10.1 Å². The molecule has 2 aromatic rings. The van der Waals surface area contributed by atoms with Crippen LogP contribution in [0.4, 0.5) is 18.9 Å². The van der Waals surface area contributed by atoms with Crippen molar-refractivity contribution in [3.63, 3.8) is 0 Å². The highest BCUT2D eigenvalue weighted by Crippen LogP contribution is 2.50. The monoisotopic (exact) mass is 399 g/mol. The van der Waals surface area contributed by atoms with Gasteiger partial charge in [0.05, 0.1) is 19.1 Å². The van der Waals surface area contributed by atoms with Crippen LogP contribution in [0.15, 0.2) is 36.4 Å². The van der Waals surface area contributed by atoms with E-state index in [2.05, 4.69) is 5.32 Å². The average molecular weight is 400 g/mol. The first-order valence-electron chi connectivity index (χ1n) is 7.68. The molecular formula is C18H13ClF3NO4. The fourth-order valence-electron chi connectivity index (χ4n) is 3.33. The van der Waals surface area contributed by atoms with Crippen LogP contribution >= 0.6 is 11.6 Å². The van der Waals surface area contributed by atoms with Crippen molar-refractivity contribution in [3.05, 3.63) is 58.1 Å². The largest absolute Gasteiger partial charge is 0.496 e. The molecule has 2 aromatic carbocycles. The minimum atomic E-state index is -4.61. The number of anilines is 1. The van der Waals surface area contributed by atoms with Gasteiger partial charge in [0.25, 0.3) is 0 Å². The molecule has 0 unspecified atom stereocenters. The number of carboxylic acid groups (broad SMARTS) is 1. The second-order valence-electron chi connectivity index (χ2n) is 6.03. The van der Waals surface area contributed by atoms with Crippen molar-refractivity contribution in [1.29, 1.82) is 0 Å². The van der Waals surface area contributed by atoms with Crippen LogP contribution in [0.5, 0.6) is 5.75 Å². The van der Waals surface area contributed by atoms with Gasteiger partial charge in [-0.3, -0.25) is 9.59 Å². The van der Waals surface area contributed by atoms with Crippen molar-refractivity contribution < 1.29 is 32.6 Å². The minimum Gasteiger partial charge on any atom is -0.496 e. The maximum absolute atomic E-state index is 13.0. The molecule has 1 atom stereocenters. The maximum Gasteiger partial charge on any atom is 0.416 e. The standard InChI is InChI=1S/C18H13ClF3NO4/c1-27-14-5-3-10(19)7-12(14)17(8-15(24)25)11-4-2-9(18(20,21)22)6-13(11)23-16(17)26/h2-7H,8H2,1H3,(H,23,26)(H,24,25)/t17-/m1/s1. The Hall–Kier alpha value is -2.74. The van der Waals surface area contributed by atoms with Crippen molar-refractivity contribution in [2.45, 2.75) is 18.0 Å². The fraction of sp³-hybridized carbons (Fsp3) is 0.222. The Balaban J connectivity index is 2.31. The highest BCUT2D eigenvalue weighted by molar-refractivity contribution is 6.30. The van der Waals surface area contributed by atoms with Gasteiger partial charge in [-0.25, -0.2) is 0 Å². The van der Waals surface area contributed by atoms with Crippen molar-refractivity contribution in [3.8, 4) is 5.75 Å². The van der Waals surface area contributed by atoms with E-state index in [4.69, 9.17) is 16.3 Å². The third-order valence-corrected chi connectivity index (χ3v) is 4.72. The molecule has 27 heavy (non-hydrogen) atoms. The predicted octanol–water partition coefficient (Wildman–Crippen LogP) is 4.08. The van der Waals surface area contributed by atoms with Gasteiger partial charge in [0.15, 0.2) is 0 Å². The van der Waals surface area contributed by atoms with Gasteiger partial charge in [-0.2, -0.15) is 13.2 Å². The van der Waals surface area contributed by atoms with E-state index in [0.29, 0.717) is 0 Å². The van der Waals surface area contributed by atoms with Crippen LogP contribution in [-0.4, -0.2) is 24.1 Å². The molecule has 0 radical (unpaired) electrons. The number of benzene rings is 2. The number of carboxylic acids is 1. The number of rotatable bonds is 4. The first-order valence-corrected chi connectivity index (χ1v) is 8.06. The van der Waals surface area contributed by atoms with E-state index in [-0.39, 0.29) is 27.6 Å². The summed E-state index contributed by atoms with van der Waals surface area (Å²) < 4.78 is 44.3. The predicted molar refractivity (Wildman–Crippen MR) is 91.1 cm³/mol. The smallest absolute Gasteiger partial charge is 0.416 e. The number of amides is 1. The van der Waals surface area contributed by atoms with Crippen LogP contribution in [0.25, 0.3) is 0 Å². The van der Waals surface area contributed by atoms with Crippen LogP contribution in [0, 0.1) is 0 Å². The molecule has 0 bridgehead atoms. The van der Waals surface area contributed by atoms with Gasteiger partial charge in [0.1, 0.15) is 11.2 Å². The zero-order valence-electron chi connectivity index (χ0n) is 13.9. The lowest BCUT2D eigenvalue weighted by molar-refractivity contribution is -0.140. The molecule has 0 aliphatic carbocycles. The number of hydrogen-bond acceptors (Lipinski definition) is 3. The third-order valence-electron chi connectivity index (χ3n) is 4.48. The first-order chi connectivity index (χ1) is 12.6. The number of aliphatic carboxylic acids is 1. The lowest BCUT2D eigenvalue weighted by atomic mass is 9.72. The van der Waals surface area contributed by atoms with Crippen molar-refractivity contribution >= 4 is 29.2 Å². The topological polar surface area (TPSA) is 75.6 Å². The molecular weight excluding hydrogens is 387 g/mol. The van der Waals surface area contributed by atoms with Gasteiger partial charge in [0, 0.05) is 16.3 Å². The Bertz CT molecular complexity index is 945. The van der Waals surface area contributed by atoms with Gasteiger partial charge < -0.3 is 15.2 Å². The van der Waals surface area contributed by atoms with Crippen LogP contribution in [0.2, 0.25) is 5.02 Å². The number of methoxy groups -OCH3 is 1. The second kappa shape index (κ2) is 6.45. The van der Waals surface area contributed by atoms with E-state index in [1.807, 2.05) is 0 Å². The zero-order valence-corrected chi connectivity index (χ0v) is 14.6. The molecule has 1 aliphatic rings. The zero-order chi connectivity index (χ0) is 20.0. The van der Waals surface area contributed by atoms with Crippen molar-refractivity contribution in [2.75, 3.05) is 12.4 Å². The minimum absolute atomic E-state index is 0.0990. The molecule has 0 spiro atoms. The molecule has 1 heterocycles. The van der Waals surface area contributed by atoms with Gasteiger partial charge in [0.2, 0.25) is 5.91 Å². The van der Waals surface area contributed by atoms with Crippen molar-refractivity contribution in [2.24, 2.45) is 0 Å². The quantitative estimate of drug-likeness (QED) is 0.812. The summed E-state index contributed by atoms with van der Waals surface area (Å²) in [4.78, 5) is 24.4. The Morgan fingerprint density at radius 3 is 2.52 bits per heavy atom. The maximum atomic E-state index is 13.0. The van der Waals surface area contributed by atoms with E-state index < -0.39 is 35.5 Å². The Kier molecular flexibility index (Phi) is 4.55.